The van der Waals surface area contributed by atoms with E-state index in [1.165, 1.54) is 16.4 Å². The zero-order valence-corrected chi connectivity index (χ0v) is 11.5. The lowest BCUT2D eigenvalue weighted by molar-refractivity contribution is 0.556. The number of halogens is 1. The van der Waals surface area contributed by atoms with E-state index in [0.29, 0.717) is 17.7 Å². The van der Waals surface area contributed by atoms with Crippen LogP contribution in [0.2, 0.25) is 0 Å². The third kappa shape index (κ3) is 1.92. The molecule has 0 spiro atoms. The average molecular weight is 267 g/mol. The van der Waals surface area contributed by atoms with Crippen molar-refractivity contribution in [1.82, 2.24) is 0 Å². The molecule has 18 heavy (non-hydrogen) atoms. The Hall–Kier alpha value is -1.04. The van der Waals surface area contributed by atoms with Crippen molar-refractivity contribution in [1.29, 1.82) is 0 Å². The number of anilines is 1. The Morgan fingerprint density at radius 3 is 2.50 bits per heavy atom. The zero-order chi connectivity index (χ0) is 13.7. The van der Waals surface area contributed by atoms with Gasteiger partial charge in [0.15, 0.2) is 0 Å². The lowest BCUT2D eigenvalue weighted by Gasteiger charge is -2.28. The van der Waals surface area contributed by atoms with Gasteiger partial charge in [0.05, 0.1) is 10.4 Å². The van der Waals surface area contributed by atoms with Gasteiger partial charge in [0.2, 0.25) is 10.0 Å². The van der Waals surface area contributed by atoms with E-state index in [0.717, 1.165) is 0 Å². The van der Waals surface area contributed by atoms with Gasteiger partial charge in [0.25, 0.3) is 0 Å². The minimum atomic E-state index is -3.51. The highest BCUT2D eigenvalue weighted by Crippen LogP contribution is 2.34. The number of sulfonamides is 1. The maximum atomic E-state index is 13.7. The van der Waals surface area contributed by atoms with E-state index in [-0.39, 0.29) is 12.0 Å². The van der Waals surface area contributed by atoms with Gasteiger partial charge in [-0.15, -0.1) is 0 Å². The molecule has 0 fully saturated rings. The summed E-state index contributed by atoms with van der Waals surface area (Å²) < 4.78 is 38.9. The predicted molar refractivity (Wildman–Crippen MR) is 71.5 cm³/mol. The highest BCUT2D eigenvalue weighted by Gasteiger charge is 2.39. The van der Waals surface area contributed by atoms with Crippen LogP contribution < -0.4 is 9.77 Å². The molecule has 0 saturated carbocycles. The van der Waals surface area contributed by atoms with Crippen LogP contribution in [0.15, 0.2) is 12.1 Å². The van der Waals surface area contributed by atoms with Crippen molar-refractivity contribution in [2.75, 3.05) is 10.8 Å². The molecule has 6 heteroatoms. The van der Waals surface area contributed by atoms with Crippen molar-refractivity contribution in [2.24, 2.45) is 0 Å². The first kappa shape index (κ1) is 13.4. The summed E-state index contributed by atoms with van der Waals surface area (Å²) in [7, 11) is 2.07. The largest absolute Gasteiger partial charge is 0.269 e. The molecule has 1 aromatic carbocycles. The molecule has 0 unspecified atom stereocenters. The van der Waals surface area contributed by atoms with Gasteiger partial charge < -0.3 is 0 Å². The van der Waals surface area contributed by atoms with Crippen molar-refractivity contribution in [3.8, 4) is 0 Å². The van der Waals surface area contributed by atoms with E-state index in [4.69, 9.17) is 7.85 Å². The molecule has 96 valence electrons. The van der Waals surface area contributed by atoms with Crippen molar-refractivity contribution >= 4 is 29.0 Å². The molecule has 0 aromatic heterocycles. The van der Waals surface area contributed by atoms with Crippen LogP contribution in [-0.4, -0.2) is 27.6 Å². The van der Waals surface area contributed by atoms with Crippen molar-refractivity contribution in [2.45, 2.75) is 31.9 Å². The average Bonchev–Trinajstić information content (AvgIpc) is 2.59. The highest BCUT2D eigenvalue weighted by atomic mass is 32.2. The molecule has 2 rings (SSSR count). The van der Waals surface area contributed by atoms with Crippen LogP contribution in [0.25, 0.3) is 0 Å². The molecule has 1 aromatic rings. The number of nitrogens with zero attached hydrogens (tertiary/aromatic N) is 1. The SMILES string of the molecule is [B]c1cc(F)c2c(c1)N(S(=O)(=O)C(C)(C)C)CC2. The summed E-state index contributed by atoms with van der Waals surface area (Å²) in [5.41, 5.74) is 1.04. The summed E-state index contributed by atoms with van der Waals surface area (Å²) in [6, 6.07) is 2.75. The molecule has 0 atom stereocenters. The van der Waals surface area contributed by atoms with Gasteiger partial charge in [0.1, 0.15) is 13.7 Å². The number of hydrogen-bond acceptors (Lipinski definition) is 2. The van der Waals surface area contributed by atoms with Gasteiger partial charge in [-0.1, -0.05) is 5.46 Å². The molecule has 3 nitrogen and oxygen atoms in total. The lowest BCUT2D eigenvalue weighted by atomic mass is 9.94. The molecule has 0 saturated heterocycles. The molecule has 1 heterocycles. The fourth-order valence-corrected chi connectivity index (χ4v) is 3.44. The topological polar surface area (TPSA) is 37.4 Å². The minimum absolute atomic E-state index is 0.238. The van der Waals surface area contributed by atoms with E-state index in [1.807, 2.05) is 0 Å². The van der Waals surface area contributed by atoms with E-state index >= 15 is 0 Å². The Bertz CT molecular complexity index is 593. The second-order valence-electron chi connectivity index (χ2n) is 5.44. The van der Waals surface area contributed by atoms with Gasteiger partial charge in [-0.05, 0) is 39.3 Å². The molecule has 0 aliphatic carbocycles. The summed E-state index contributed by atoms with van der Waals surface area (Å²) in [4.78, 5) is 0. The monoisotopic (exact) mass is 267 g/mol. The molecular formula is C12H15BFNO2S. The third-order valence-electron chi connectivity index (χ3n) is 3.09. The van der Waals surface area contributed by atoms with Gasteiger partial charge in [-0.25, -0.2) is 12.8 Å². The minimum Gasteiger partial charge on any atom is -0.269 e. The fourth-order valence-electron chi connectivity index (χ4n) is 2.03. The smallest absolute Gasteiger partial charge is 0.240 e. The summed E-state index contributed by atoms with van der Waals surface area (Å²) >= 11 is 0. The van der Waals surface area contributed by atoms with Crippen LogP contribution in [0.3, 0.4) is 0 Å². The van der Waals surface area contributed by atoms with Gasteiger partial charge in [-0.3, -0.25) is 4.31 Å². The van der Waals surface area contributed by atoms with E-state index in [2.05, 4.69) is 0 Å². The Morgan fingerprint density at radius 1 is 1.33 bits per heavy atom. The fraction of sp³-hybridized carbons (Fsp3) is 0.500. The molecular weight excluding hydrogens is 252 g/mol. The van der Waals surface area contributed by atoms with Gasteiger partial charge >= 0.3 is 0 Å². The Morgan fingerprint density at radius 2 is 1.94 bits per heavy atom. The van der Waals surface area contributed by atoms with Crippen LogP contribution in [-0.2, 0) is 16.4 Å². The third-order valence-corrected chi connectivity index (χ3v) is 5.60. The summed E-state index contributed by atoms with van der Waals surface area (Å²) in [6.07, 6.45) is 0.386. The lowest BCUT2D eigenvalue weighted by Crippen LogP contribution is -2.42. The molecule has 0 N–H and O–H groups in total. The maximum Gasteiger partial charge on any atom is 0.240 e. The molecule has 1 aliphatic rings. The van der Waals surface area contributed by atoms with Crippen LogP contribution >= 0.6 is 0 Å². The Labute approximate surface area is 108 Å². The first-order chi connectivity index (χ1) is 8.14. The second kappa shape index (κ2) is 3.98. The first-order valence-corrected chi connectivity index (χ1v) is 7.19. The van der Waals surface area contributed by atoms with Crippen molar-refractivity contribution < 1.29 is 12.8 Å². The van der Waals surface area contributed by atoms with Crippen LogP contribution in [0, 0.1) is 5.82 Å². The molecule has 1 aliphatic heterocycles. The summed E-state index contributed by atoms with van der Waals surface area (Å²) in [6.45, 7) is 5.16. The summed E-state index contributed by atoms with van der Waals surface area (Å²) in [5.74, 6) is -0.434. The quantitative estimate of drug-likeness (QED) is 0.715. The highest BCUT2D eigenvalue weighted by molar-refractivity contribution is 7.94. The van der Waals surface area contributed by atoms with E-state index in [1.54, 1.807) is 20.8 Å². The molecule has 0 amide bonds. The molecule has 0 bridgehead atoms. The normalized spacial score (nSPS) is 15.9. The Balaban J connectivity index is 2.57. The van der Waals surface area contributed by atoms with Crippen LogP contribution in [0.5, 0.6) is 0 Å². The van der Waals surface area contributed by atoms with Crippen molar-refractivity contribution in [3.05, 3.63) is 23.5 Å². The Kier molecular flexibility index (Phi) is 2.96. The van der Waals surface area contributed by atoms with Crippen LogP contribution in [0.4, 0.5) is 10.1 Å². The molecule has 2 radical (unpaired) electrons. The van der Waals surface area contributed by atoms with E-state index < -0.39 is 20.6 Å². The van der Waals surface area contributed by atoms with Crippen molar-refractivity contribution in [3.63, 3.8) is 0 Å². The van der Waals surface area contributed by atoms with Crippen LogP contribution in [0.1, 0.15) is 26.3 Å². The predicted octanol–water partition coefficient (Wildman–Crippen LogP) is 1.11. The maximum absolute atomic E-state index is 13.7. The first-order valence-electron chi connectivity index (χ1n) is 5.75. The summed E-state index contributed by atoms with van der Waals surface area (Å²) in [5, 5.41) is 0. The number of hydrogen-bond donors (Lipinski definition) is 0. The zero-order valence-electron chi connectivity index (χ0n) is 10.7. The van der Waals surface area contributed by atoms with Gasteiger partial charge in [-0.2, -0.15) is 0 Å². The van der Waals surface area contributed by atoms with Gasteiger partial charge in [0, 0.05) is 12.1 Å². The second-order valence-corrected chi connectivity index (χ2v) is 8.06. The van der Waals surface area contributed by atoms with E-state index in [9.17, 15) is 12.8 Å². The number of fused-ring (bicyclic) bond motifs is 1. The number of benzene rings is 1. The number of rotatable bonds is 1. The standard InChI is InChI=1S/C12H15BFNO2S/c1-12(2,3)18(16,17)15-5-4-9-10(14)6-8(13)7-11(9)15/h6-7H,4-5H2,1-3H3.